The highest BCUT2D eigenvalue weighted by molar-refractivity contribution is 6.02. The van der Waals surface area contributed by atoms with Crippen LogP contribution in [0, 0.1) is 0 Å². The second kappa shape index (κ2) is 9.36. The number of rotatable bonds is 8. The molecule has 0 radical (unpaired) electrons. The molecule has 0 aliphatic rings. The van der Waals surface area contributed by atoms with E-state index in [9.17, 15) is 4.79 Å². The first-order chi connectivity index (χ1) is 13.7. The number of carbonyl (C=O) groups is 1. The number of anilines is 2. The lowest BCUT2D eigenvalue weighted by Crippen LogP contribution is -2.15. The van der Waals surface area contributed by atoms with Crippen LogP contribution in [-0.4, -0.2) is 36.6 Å². The summed E-state index contributed by atoms with van der Waals surface area (Å²) in [5, 5.41) is 5.97. The lowest BCUT2D eigenvalue weighted by molar-refractivity contribution is 0.102. The summed E-state index contributed by atoms with van der Waals surface area (Å²) in [6.07, 6.45) is 3.82. The Labute approximate surface area is 163 Å². The fourth-order valence-electron chi connectivity index (χ4n) is 2.57. The molecule has 0 spiro atoms. The Bertz CT molecular complexity index is 912. The number of ether oxygens (including phenoxy) is 2. The summed E-state index contributed by atoms with van der Waals surface area (Å²) >= 11 is 0. The van der Waals surface area contributed by atoms with Crippen molar-refractivity contribution in [1.29, 1.82) is 0 Å². The van der Waals surface area contributed by atoms with Crippen LogP contribution in [0.2, 0.25) is 0 Å². The third-order valence-corrected chi connectivity index (χ3v) is 4.09. The van der Waals surface area contributed by atoms with Crippen molar-refractivity contribution in [2.24, 2.45) is 0 Å². The highest BCUT2D eigenvalue weighted by Gasteiger charge is 2.08. The maximum Gasteiger partial charge on any atom is 0.275 e. The van der Waals surface area contributed by atoms with Crippen molar-refractivity contribution in [3.05, 3.63) is 72.2 Å². The van der Waals surface area contributed by atoms with Gasteiger partial charge in [-0.15, -0.1) is 0 Å². The average molecular weight is 378 g/mol. The molecule has 28 heavy (non-hydrogen) atoms. The van der Waals surface area contributed by atoms with Crippen LogP contribution in [0.3, 0.4) is 0 Å². The van der Waals surface area contributed by atoms with Gasteiger partial charge in [0, 0.05) is 12.2 Å². The van der Waals surface area contributed by atoms with Gasteiger partial charge in [0.15, 0.2) is 0 Å². The number of nitrogens with one attached hydrogen (secondary N) is 2. The largest absolute Gasteiger partial charge is 0.497 e. The van der Waals surface area contributed by atoms with Crippen LogP contribution >= 0.6 is 0 Å². The smallest absolute Gasteiger partial charge is 0.275 e. The molecular weight excluding hydrogens is 356 g/mol. The van der Waals surface area contributed by atoms with E-state index in [-0.39, 0.29) is 11.6 Å². The first-order valence-corrected chi connectivity index (χ1v) is 8.82. The summed E-state index contributed by atoms with van der Waals surface area (Å²) < 4.78 is 10.3. The van der Waals surface area contributed by atoms with Crippen LogP contribution in [0.1, 0.15) is 16.1 Å². The van der Waals surface area contributed by atoms with Gasteiger partial charge in [-0.2, -0.15) is 0 Å². The van der Waals surface area contributed by atoms with Gasteiger partial charge in [0.2, 0.25) is 0 Å². The number of amides is 1. The lowest BCUT2D eigenvalue weighted by Gasteiger charge is -2.08. The zero-order chi connectivity index (χ0) is 19.8. The summed E-state index contributed by atoms with van der Waals surface area (Å²) in [4.78, 5) is 20.7. The van der Waals surface area contributed by atoms with Gasteiger partial charge < -0.3 is 20.1 Å². The van der Waals surface area contributed by atoms with E-state index >= 15 is 0 Å². The molecule has 2 aromatic carbocycles. The topological polar surface area (TPSA) is 85.4 Å². The molecule has 0 unspecified atom stereocenters. The molecule has 144 valence electrons. The Hall–Kier alpha value is -3.61. The number of hydrogen-bond acceptors (Lipinski definition) is 6. The van der Waals surface area contributed by atoms with Crippen LogP contribution in [0.15, 0.2) is 60.9 Å². The molecular formula is C21H22N4O3. The molecule has 1 aromatic heterocycles. The number of aromatic nitrogens is 2. The van der Waals surface area contributed by atoms with Gasteiger partial charge in [0.05, 0.1) is 26.6 Å². The zero-order valence-corrected chi connectivity index (χ0v) is 15.8. The second-order valence-corrected chi connectivity index (χ2v) is 6.00. The number of hydrogen-bond donors (Lipinski definition) is 2. The van der Waals surface area contributed by atoms with Gasteiger partial charge in [-0.3, -0.25) is 4.79 Å². The van der Waals surface area contributed by atoms with E-state index in [0.717, 1.165) is 23.5 Å². The molecule has 0 fully saturated rings. The van der Waals surface area contributed by atoms with Crippen LogP contribution in [0.4, 0.5) is 11.5 Å². The number of benzene rings is 2. The van der Waals surface area contributed by atoms with Crippen molar-refractivity contribution in [2.75, 3.05) is 31.4 Å². The summed E-state index contributed by atoms with van der Waals surface area (Å²) in [7, 11) is 3.24. The Balaban J connectivity index is 1.51. The molecule has 7 nitrogen and oxygen atoms in total. The summed E-state index contributed by atoms with van der Waals surface area (Å²) in [6.45, 7) is 0.694. The van der Waals surface area contributed by atoms with E-state index < -0.39 is 0 Å². The maximum atomic E-state index is 12.3. The average Bonchev–Trinajstić information content (AvgIpc) is 2.75. The molecule has 0 bridgehead atoms. The van der Waals surface area contributed by atoms with Crippen LogP contribution in [-0.2, 0) is 6.42 Å². The lowest BCUT2D eigenvalue weighted by atomic mass is 10.1. The Morgan fingerprint density at radius 3 is 2.43 bits per heavy atom. The van der Waals surface area contributed by atoms with Crippen molar-refractivity contribution in [1.82, 2.24) is 9.97 Å². The fourth-order valence-corrected chi connectivity index (χ4v) is 2.57. The van der Waals surface area contributed by atoms with E-state index in [1.54, 1.807) is 44.7 Å². The predicted molar refractivity (Wildman–Crippen MR) is 108 cm³/mol. The predicted octanol–water partition coefficient (Wildman–Crippen LogP) is 3.40. The quantitative estimate of drug-likeness (QED) is 0.625. The summed E-state index contributed by atoms with van der Waals surface area (Å²) in [5.74, 6) is 1.86. The van der Waals surface area contributed by atoms with Crippen molar-refractivity contribution < 1.29 is 14.3 Å². The highest BCUT2D eigenvalue weighted by Crippen LogP contribution is 2.16. The van der Waals surface area contributed by atoms with Crippen LogP contribution in [0.25, 0.3) is 0 Å². The van der Waals surface area contributed by atoms with Crippen molar-refractivity contribution in [3.8, 4) is 11.5 Å². The van der Waals surface area contributed by atoms with Gasteiger partial charge in [-0.1, -0.05) is 12.1 Å². The van der Waals surface area contributed by atoms with Gasteiger partial charge in [-0.25, -0.2) is 9.97 Å². The molecule has 0 saturated carbocycles. The standard InChI is InChI=1S/C21H22N4O3/c1-27-17-8-6-16(7-9-17)25-21(26)19-13-24-20(14-23-19)22-11-10-15-4-3-5-18(12-15)28-2/h3-9,12-14H,10-11H2,1-2H3,(H,22,24)(H,25,26). The first kappa shape index (κ1) is 19.2. The van der Waals surface area contributed by atoms with E-state index in [0.29, 0.717) is 18.1 Å². The van der Waals surface area contributed by atoms with E-state index in [2.05, 4.69) is 20.6 Å². The van der Waals surface area contributed by atoms with Gasteiger partial charge >= 0.3 is 0 Å². The monoisotopic (exact) mass is 378 g/mol. The maximum absolute atomic E-state index is 12.3. The Kier molecular flexibility index (Phi) is 6.41. The molecule has 0 aliphatic carbocycles. The number of carbonyl (C=O) groups excluding carboxylic acids is 1. The van der Waals surface area contributed by atoms with E-state index in [1.165, 1.54) is 6.20 Å². The molecule has 0 saturated heterocycles. The van der Waals surface area contributed by atoms with Gasteiger partial charge in [-0.05, 0) is 48.4 Å². The Morgan fingerprint density at radius 2 is 1.75 bits per heavy atom. The van der Waals surface area contributed by atoms with Gasteiger partial charge in [0.25, 0.3) is 5.91 Å². The number of nitrogens with zero attached hydrogens (tertiary/aromatic N) is 2. The summed E-state index contributed by atoms with van der Waals surface area (Å²) in [6, 6.07) is 15.0. The molecule has 3 rings (SSSR count). The highest BCUT2D eigenvalue weighted by atomic mass is 16.5. The SMILES string of the molecule is COc1ccc(NC(=O)c2cnc(NCCc3cccc(OC)c3)cn2)cc1. The third kappa shape index (κ3) is 5.20. The first-order valence-electron chi connectivity index (χ1n) is 8.82. The minimum atomic E-state index is -0.319. The molecule has 0 atom stereocenters. The molecule has 1 heterocycles. The normalized spacial score (nSPS) is 10.2. The summed E-state index contributed by atoms with van der Waals surface area (Å²) in [5.41, 5.74) is 2.07. The molecule has 3 aromatic rings. The zero-order valence-electron chi connectivity index (χ0n) is 15.8. The Morgan fingerprint density at radius 1 is 0.964 bits per heavy atom. The number of methoxy groups -OCH3 is 2. The van der Waals surface area contributed by atoms with Crippen molar-refractivity contribution >= 4 is 17.4 Å². The van der Waals surface area contributed by atoms with Crippen molar-refractivity contribution in [3.63, 3.8) is 0 Å². The molecule has 1 amide bonds. The third-order valence-electron chi connectivity index (χ3n) is 4.09. The molecule has 2 N–H and O–H groups in total. The molecule has 0 aliphatic heterocycles. The van der Waals surface area contributed by atoms with Crippen LogP contribution < -0.4 is 20.1 Å². The van der Waals surface area contributed by atoms with Crippen molar-refractivity contribution in [2.45, 2.75) is 6.42 Å². The second-order valence-electron chi connectivity index (χ2n) is 6.00. The van der Waals surface area contributed by atoms with Crippen LogP contribution in [0.5, 0.6) is 11.5 Å². The van der Waals surface area contributed by atoms with E-state index in [1.807, 2.05) is 24.3 Å². The minimum absolute atomic E-state index is 0.245. The minimum Gasteiger partial charge on any atom is -0.497 e. The van der Waals surface area contributed by atoms with Gasteiger partial charge in [0.1, 0.15) is 23.0 Å². The van der Waals surface area contributed by atoms with E-state index in [4.69, 9.17) is 9.47 Å². The fraction of sp³-hybridized carbons (Fsp3) is 0.190. The molecule has 7 heteroatoms.